The van der Waals surface area contributed by atoms with Gasteiger partial charge in [-0.3, -0.25) is 5.32 Å². The lowest BCUT2D eigenvalue weighted by molar-refractivity contribution is -0.153. The van der Waals surface area contributed by atoms with Crippen molar-refractivity contribution in [3.63, 3.8) is 0 Å². The minimum Gasteiger partial charge on any atom is -0.300 e. The highest BCUT2D eigenvalue weighted by molar-refractivity contribution is 5.18. The molecule has 0 fully saturated rings. The molecule has 0 aliphatic heterocycles. The molecule has 0 amide bonds. The van der Waals surface area contributed by atoms with Gasteiger partial charge in [0, 0.05) is 6.04 Å². The van der Waals surface area contributed by atoms with Gasteiger partial charge in [0.2, 0.25) is 0 Å². The third-order valence-corrected chi connectivity index (χ3v) is 2.29. The molecule has 0 saturated heterocycles. The first-order valence-corrected chi connectivity index (χ1v) is 4.79. The predicted octanol–water partition coefficient (Wildman–Crippen LogP) is 3.29. The summed E-state index contributed by atoms with van der Waals surface area (Å²) in [6, 6.07) is 7.28. The number of rotatable bonds is 3. The van der Waals surface area contributed by atoms with E-state index in [1.807, 2.05) is 18.2 Å². The first-order chi connectivity index (χ1) is 6.91. The van der Waals surface area contributed by atoms with Gasteiger partial charge in [-0.1, -0.05) is 30.3 Å². The fourth-order valence-corrected chi connectivity index (χ4v) is 1.31. The number of nitrogens with one attached hydrogen (secondary N) is 1. The summed E-state index contributed by atoms with van der Waals surface area (Å²) < 4.78 is 36.8. The molecular formula is C11H14F3N. The van der Waals surface area contributed by atoms with Gasteiger partial charge in [0.15, 0.2) is 0 Å². The van der Waals surface area contributed by atoms with E-state index in [2.05, 4.69) is 5.32 Å². The van der Waals surface area contributed by atoms with Gasteiger partial charge >= 0.3 is 6.18 Å². The van der Waals surface area contributed by atoms with Gasteiger partial charge in [0.05, 0.1) is 0 Å². The van der Waals surface area contributed by atoms with Crippen molar-refractivity contribution in [2.75, 3.05) is 0 Å². The van der Waals surface area contributed by atoms with Gasteiger partial charge < -0.3 is 0 Å². The van der Waals surface area contributed by atoms with E-state index < -0.39 is 12.2 Å². The molecule has 0 aromatic heterocycles. The van der Waals surface area contributed by atoms with Crippen LogP contribution in [0.5, 0.6) is 0 Å². The molecule has 0 bridgehead atoms. The van der Waals surface area contributed by atoms with Gasteiger partial charge in [-0.05, 0) is 19.4 Å². The number of benzene rings is 1. The summed E-state index contributed by atoms with van der Waals surface area (Å²) in [6.07, 6.45) is -4.19. The van der Waals surface area contributed by atoms with Crippen LogP contribution in [0.3, 0.4) is 0 Å². The normalized spacial score (nSPS) is 16.1. The molecule has 1 N–H and O–H groups in total. The van der Waals surface area contributed by atoms with E-state index in [0.29, 0.717) is 0 Å². The van der Waals surface area contributed by atoms with E-state index in [1.165, 1.54) is 0 Å². The highest BCUT2D eigenvalue weighted by Gasteiger charge is 2.36. The first kappa shape index (κ1) is 12.0. The monoisotopic (exact) mass is 217 g/mol. The molecule has 4 heteroatoms. The summed E-state index contributed by atoms with van der Waals surface area (Å²) in [7, 11) is 0. The summed E-state index contributed by atoms with van der Waals surface area (Å²) in [4.78, 5) is 0. The van der Waals surface area contributed by atoms with Gasteiger partial charge in [0.25, 0.3) is 0 Å². The van der Waals surface area contributed by atoms with E-state index in [0.717, 1.165) is 12.5 Å². The Morgan fingerprint density at radius 1 is 1.07 bits per heavy atom. The smallest absolute Gasteiger partial charge is 0.300 e. The highest BCUT2D eigenvalue weighted by atomic mass is 19.4. The van der Waals surface area contributed by atoms with E-state index in [1.54, 1.807) is 19.1 Å². The van der Waals surface area contributed by atoms with E-state index in [4.69, 9.17) is 0 Å². The average molecular weight is 217 g/mol. The third kappa shape index (κ3) is 3.55. The largest absolute Gasteiger partial charge is 0.403 e. The molecule has 0 aliphatic rings. The van der Waals surface area contributed by atoms with Gasteiger partial charge in [0.1, 0.15) is 6.04 Å². The molecule has 84 valence electrons. The number of hydrogen-bond acceptors (Lipinski definition) is 1. The van der Waals surface area contributed by atoms with E-state index >= 15 is 0 Å². The van der Waals surface area contributed by atoms with Crippen LogP contribution in [0.1, 0.15) is 25.5 Å². The summed E-state index contributed by atoms with van der Waals surface area (Å²) in [5.74, 6) is 0. The lowest BCUT2D eigenvalue weighted by Gasteiger charge is -2.22. The zero-order chi connectivity index (χ0) is 11.5. The molecule has 1 aromatic carbocycles. The van der Waals surface area contributed by atoms with Crippen molar-refractivity contribution in [1.29, 1.82) is 0 Å². The molecule has 15 heavy (non-hydrogen) atoms. The van der Waals surface area contributed by atoms with Crippen LogP contribution in [0.25, 0.3) is 0 Å². The van der Waals surface area contributed by atoms with Crippen LogP contribution in [0.15, 0.2) is 30.3 Å². The number of halogens is 3. The standard InChI is InChI=1S/C11H14F3N/c1-8(10-6-4-3-5-7-10)15-9(2)11(12,13)14/h3-9,15H,1-2H3. The summed E-state index contributed by atoms with van der Waals surface area (Å²) >= 11 is 0. The summed E-state index contributed by atoms with van der Waals surface area (Å²) in [5.41, 5.74) is 0.855. The minimum atomic E-state index is -4.19. The average Bonchev–Trinajstić information content (AvgIpc) is 2.17. The van der Waals surface area contributed by atoms with Crippen LogP contribution in [0.4, 0.5) is 13.2 Å². The molecule has 0 saturated carbocycles. The van der Waals surface area contributed by atoms with Crippen molar-refractivity contribution in [2.24, 2.45) is 0 Å². The van der Waals surface area contributed by atoms with Crippen molar-refractivity contribution in [3.8, 4) is 0 Å². The highest BCUT2D eigenvalue weighted by Crippen LogP contribution is 2.22. The fourth-order valence-electron chi connectivity index (χ4n) is 1.31. The number of alkyl halides is 3. The van der Waals surface area contributed by atoms with Crippen molar-refractivity contribution in [1.82, 2.24) is 5.32 Å². The zero-order valence-electron chi connectivity index (χ0n) is 8.68. The quantitative estimate of drug-likeness (QED) is 0.819. The second-order valence-corrected chi connectivity index (χ2v) is 3.56. The van der Waals surface area contributed by atoms with Crippen LogP contribution in [-0.2, 0) is 0 Å². The lowest BCUT2D eigenvalue weighted by Crippen LogP contribution is -2.40. The molecule has 1 nitrogen and oxygen atoms in total. The van der Waals surface area contributed by atoms with Crippen LogP contribution in [-0.4, -0.2) is 12.2 Å². The molecule has 0 aliphatic carbocycles. The molecule has 0 spiro atoms. The summed E-state index contributed by atoms with van der Waals surface area (Å²) in [5, 5.41) is 2.51. The van der Waals surface area contributed by atoms with Crippen molar-refractivity contribution in [3.05, 3.63) is 35.9 Å². The Labute approximate surface area is 87.3 Å². The van der Waals surface area contributed by atoms with E-state index in [9.17, 15) is 13.2 Å². The molecular weight excluding hydrogens is 203 g/mol. The van der Waals surface area contributed by atoms with Gasteiger partial charge in [-0.25, -0.2) is 0 Å². The maximum absolute atomic E-state index is 12.3. The number of hydrogen-bond donors (Lipinski definition) is 1. The fraction of sp³-hybridized carbons (Fsp3) is 0.455. The Hall–Kier alpha value is -1.03. The maximum atomic E-state index is 12.3. The predicted molar refractivity (Wildman–Crippen MR) is 53.5 cm³/mol. The van der Waals surface area contributed by atoms with Crippen molar-refractivity contribution >= 4 is 0 Å². The van der Waals surface area contributed by atoms with E-state index in [-0.39, 0.29) is 6.04 Å². The Kier molecular flexibility index (Phi) is 3.74. The molecule has 2 atom stereocenters. The second kappa shape index (κ2) is 4.66. The maximum Gasteiger partial charge on any atom is 0.403 e. The Bertz CT molecular complexity index is 294. The lowest BCUT2D eigenvalue weighted by atomic mass is 10.1. The Balaban J connectivity index is 2.61. The van der Waals surface area contributed by atoms with Crippen molar-refractivity contribution in [2.45, 2.75) is 32.1 Å². The van der Waals surface area contributed by atoms with Crippen LogP contribution < -0.4 is 5.32 Å². The van der Waals surface area contributed by atoms with Gasteiger partial charge in [-0.15, -0.1) is 0 Å². The molecule has 2 unspecified atom stereocenters. The zero-order valence-corrected chi connectivity index (χ0v) is 8.68. The second-order valence-electron chi connectivity index (χ2n) is 3.56. The van der Waals surface area contributed by atoms with Crippen LogP contribution in [0, 0.1) is 0 Å². The third-order valence-electron chi connectivity index (χ3n) is 2.29. The van der Waals surface area contributed by atoms with Crippen LogP contribution >= 0.6 is 0 Å². The molecule has 1 rings (SSSR count). The Morgan fingerprint density at radius 2 is 1.60 bits per heavy atom. The molecule has 0 heterocycles. The molecule has 1 aromatic rings. The molecule has 0 radical (unpaired) electrons. The SMILES string of the molecule is CC(NC(C)C(F)(F)F)c1ccccc1. The summed E-state index contributed by atoms with van der Waals surface area (Å²) in [6.45, 7) is 2.84. The first-order valence-electron chi connectivity index (χ1n) is 4.79. The minimum absolute atomic E-state index is 0.303. The topological polar surface area (TPSA) is 12.0 Å². The van der Waals surface area contributed by atoms with Crippen molar-refractivity contribution < 1.29 is 13.2 Å². The van der Waals surface area contributed by atoms with Gasteiger partial charge in [-0.2, -0.15) is 13.2 Å². The van der Waals surface area contributed by atoms with Crippen LogP contribution in [0.2, 0.25) is 0 Å². The Morgan fingerprint density at radius 3 is 2.07 bits per heavy atom.